The summed E-state index contributed by atoms with van der Waals surface area (Å²) in [6.45, 7) is 4.00. The molecule has 0 bridgehead atoms. The van der Waals surface area contributed by atoms with Gasteiger partial charge in [-0.1, -0.05) is 54.2 Å². The molecule has 4 aromatic carbocycles. The maximum absolute atomic E-state index is 4.78. The first-order valence-corrected chi connectivity index (χ1v) is 11.4. The molecule has 2 heterocycles. The van der Waals surface area contributed by atoms with E-state index in [-0.39, 0.29) is 20.1 Å². The van der Waals surface area contributed by atoms with Crippen LogP contribution < -0.4 is 14.8 Å². The van der Waals surface area contributed by atoms with Crippen molar-refractivity contribution >= 4 is 22.9 Å². The number of rotatable bonds is 4. The summed E-state index contributed by atoms with van der Waals surface area (Å²) >= 11 is 0. The second-order valence-corrected chi connectivity index (χ2v) is 7.94. The quantitative estimate of drug-likeness (QED) is 0.250. The Labute approximate surface area is 226 Å². The molecule has 0 N–H and O–H groups in total. The van der Waals surface area contributed by atoms with Crippen LogP contribution >= 0.6 is 0 Å². The molecule has 0 aromatic heterocycles. The minimum absolute atomic E-state index is 0. The van der Waals surface area contributed by atoms with E-state index in [2.05, 4.69) is 41.3 Å². The van der Waals surface area contributed by atoms with Crippen molar-refractivity contribution in [3.05, 3.63) is 153 Å². The fourth-order valence-corrected chi connectivity index (χ4v) is 3.68. The summed E-state index contributed by atoms with van der Waals surface area (Å²) in [4.78, 5) is 6.12. The molecule has 0 spiro atoms. The maximum Gasteiger partial charge on any atom is 0.129 e. The van der Waals surface area contributed by atoms with Crippen LogP contribution in [0, 0.1) is 25.5 Å². The summed E-state index contributed by atoms with van der Waals surface area (Å²) in [5.41, 5.74) is 4.14. The zero-order valence-electron chi connectivity index (χ0n) is 19.8. The van der Waals surface area contributed by atoms with Crippen molar-refractivity contribution in [2.24, 2.45) is 5.10 Å². The van der Waals surface area contributed by atoms with E-state index in [1.807, 2.05) is 133 Å². The Morgan fingerprint density at radius 2 is 1.28 bits per heavy atom. The average Bonchev–Trinajstić information content (AvgIpc) is 3.58. The van der Waals surface area contributed by atoms with Crippen molar-refractivity contribution in [1.29, 1.82) is 0 Å². The summed E-state index contributed by atoms with van der Waals surface area (Å²) in [7, 11) is 2.00. The second-order valence-electron chi connectivity index (χ2n) is 7.94. The molecule has 1 radical (unpaired) electrons. The summed E-state index contributed by atoms with van der Waals surface area (Å²) in [6.07, 6.45) is 4.01. The zero-order valence-corrected chi connectivity index (χ0v) is 22.2. The smallest absolute Gasteiger partial charge is 0.129 e. The minimum Gasteiger partial charge on any atom is -0.510 e. The van der Waals surface area contributed by atoms with Gasteiger partial charge in [0.25, 0.3) is 0 Å². The van der Waals surface area contributed by atoms with E-state index in [9.17, 15) is 0 Å². The largest absolute Gasteiger partial charge is 0.510 e. The Balaban J connectivity index is 0.000000198. The monoisotopic (exact) mass is 648 g/mol. The number of para-hydroxylation sites is 3. The van der Waals surface area contributed by atoms with E-state index in [0.717, 1.165) is 28.5 Å². The van der Waals surface area contributed by atoms with Gasteiger partial charge in [-0.15, -0.1) is 18.4 Å². The van der Waals surface area contributed by atoms with E-state index in [0.29, 0.717) is 0 Å². The molecule has 4 aromatic rings. The van der Waals surface area contributed by atoms with Crippen molar-refractivity contribution in [2.45, 2.75) is 0 Å². The van der Waals surface area contributed by atoms with Gasteiger partial charge in [0.15, 0.2) is 0 Å². The first kappa shape index (κ1) is 25.2. The zero-order chi connectivity index (χ0) is 23.9. The Bertz CT molecular complexity index is 1260. The molecular formula is C30H25IrN5-4. The van der Waals surface area contributed by atoms with Crippen molar-refractivity contribution in [3.8, 4) is 0 Å². The topological polar surface area (TPSA) is 25.3 Å². The SMILES string of the molecule is CN1C=CN(c2[c-]cccc2)[CH-]1.[Ir].[c-]1ccccc1N1[CH-]N(c2ccccc2)C(c2ccccc2)=N1. The fourth-order valence-electron chi connectivity index (χ4n) is 3.68. The van der Waals surface area contributed by atoms with Crippen molar-refractivity contribution in [2.75, 3.05) is 21.9 Å². The summed E-state index contributed by atoms with van der Waals surface area (Å²) in [5.74, 6) is 0.897. The molecule has 0 atom stereocenters. The molecular weight excluding hydrogens is 623 g/mol. The van der Waals surface area contributed by atoms with Gasteiger partial charge >= 0.3 is 0 Å². The number of hydrazone groups is 1. The Hall–Kier alpha value is -3.86. The van der Waals surface area contributed by atoms with Gasteiger partial charge in [-0.05, 0) is 31.6 Å². The number of anilines is 3. The van der Waals surface area contributed by atoms with E-state index in [4.69, 9.17) is 5.10 Å². The Morgan fingerprint density at radius 3 is 1.86 bits per heavy atom. The first-order valence-electron chi connectivity index (χ1n) is 11.4. The van der Waals surface area contributed by atoms with Crippen LogP contribution in [0.5, 0.6) is 0 Å². The maximum atomic E-state index is 4.78. The molecule has 6 rings (SSSR count). The number of benzene rings is 4. The standard InChI is InChI=1S/C20H15N3.C10H10N2.Ir/c1-4-10-17(11-5-1)20-21-23(19-14-8-3-9-15-19)16-22(20)18-12-6-2-7-13-18;1-11-7-8-12(9-11)10-5-3-2-4-6-10;/h1-14,16H;2-5,7-9H,1H3;/q2*-2;. The number of hydrogen-bond donors (Lipinski definition) is 0. The van der Waals surface area contributed by atoms with Gasteiger partial charge in [0, 0.05) is 31.4 Å². The van der Waals surface area contributed by atoms with E-state index < -0.39 is 0 Å². The molecule has 6 heteroatoms. The second kappa shape index (κ2) is 12.2. The molecule has 2 aliphatic heterocycles. The van der Waals surface area contributed by atoms with Crippen LogP contribution in [0.25, 0.3) is 0 Å². The Morgan fingerprint density at radius 1 is 0.667 bits per heavy atom. The molecule has 0 saturated heterocycles. The average molecular weight is 648 g/mol. The molecule has 0 saturated carbocycles. The van der Waals surface area contributed by atoms with Crippen LogP contribution in [0.4, 0.5) is 17.1 Å². The van der Waals surface area contributed by atoms with Crippen LogP contribution in [-0.4, -0.2) is 17.8 Å². The summed E-state index contributed by atoms with van der Waals surface area (Å²) in [5, 5.41) is 6.63. The predicted molar refractivity (Wildman–Crippen MR) is 143 cm³/mol. The molecule has 0 unspecified atom stereocenters. The van der Waals surface area contributed by atoms with Crippen LogP contribution in [-0.2, 0) is 20.1 Å². The third kappa shape index (κ3) is 6.03. The Kier molecular flexibility index (Phi) is 8.56. The van der Waals surface area contributed by atoms with Crippen LogP contribution in [0.1, 0.15) is 5.56 Å². The van der Waals surface area contributed by atoms with Crippen LogP contribution in [0.2, 0.25) is 0 Å². The van der Waals surface area contributed by atoms with Crippen LogP contribution in [0.3, 0.4) is 0 Å². The minimum atomic E-state index is 0. The molecule has 0 aliphatic carbocycles. The third-order valence-electron chi connectivity index (χ3n) is 5.40. The first-order chi connectivity index (χ1) is 17.3. The third-order valence-corrected chi connectivity index (χ3v) is 5.40. The van der Waals surface area contributed by atoms with Gasteiger partial charge < -0.3 is 19.7 Å². The predicted octanol–water partition coefficient (Wildman–Crippen LogP) is 6.12. The molecule has 2 aliphatic rings. The summed E-state index contributed by atoms with van der Waals surface area (Å²) < 4.78 is 0. The van der Waals surface area contributed by atoms with E-state index >= 15 is 0 Å². The van der Waals surface area contributed by atoms with Gasteiger partial charge in [0.1, 0.15) is 5.84 Å². The van der Waals surface area contributed by atoms with E-state index in [1.165, 1.54) is 0 Å². The van der Waals surface area contributed by atoms with Gasteiger partial charge in [0.2, 0.25) is 0 Å². The van der Waals surface area contributed by atoms with E-state index in [1.54, 1.807) is 0 Å². The van der Waals surface area contributed by atoms with Gasteiger partial charge in [-0.25, -0.2) is 0 Å². The number of nitrogens with zero attached hydrogens (tertiary/aromatic N) is 5. The van der Waals surface area contributed by atoms with Crippen molar-refractivity contribution in [1.82, 2.24) is 4.90 Å². The summed E-state index contributed by atoms with van der Waals surface area (Å²) in [6, 6.07) is 42.5. The van der Waals surface area contributed by atoms with Gasteiger partial charge in [-0.2, -0.15) is 66.4 Å². The molecule has 36 heavy (non-hydrogen) atoms. The number of amidine groups is 1. The number of hydrogen-bond acceptors (Lipinski definition) is 5. The molecule has 0 fully saturated rings. The molecule has 0 amide bonds. The van der Waals surface area contributed by atoms with Crippen molar-refractivity contribution < 1.29 is 20.1 Å². The fraction of sp³-hybridized carbons (Fsp3) is 0.0333. The van der Waals surface area contributed by atoms with Gasteiger partial charge in [0.05, 0.1) is 0 Å². The normalized spacial score (nSPS) is 14.2. The molecule has 183 valence electrons. The van der Waals surface area contributed by atoms with Crippen molar-refractivity contribution in [3.63, 3.8) is 0 Å². The van der Waals surface area contributed by atoms with Gasteiger partial charge in [-0.3, -0.25) is 0 Å². The van der Waals surface area contributed by atoms with Crippen LogP contribution in [0.15, 0.2) is 127 Å². The molecule has 5 nitrogen and oxygen atoms in total.